The number of carbonyl (C=O) groups is 2. The summed E-state index contributed by atoms with van der Waals surface area (Å²) in [6.07, 6.45) is 4.66. The van der Waals surface area contributed by atoms with E-state index in [1.165, 1.54) is 6.07 Å². The van der Waals surface area contributed by atoms with Gasteiger partial charge in [0, 0.05) is 18.9 Å². The van der Waals surface area contributed by atoms with Gasteiger partial charge in [0.05, 0.1) is 5.69 Å². The second-order valence-electron chi connectivity index (χ2n) is 5.82. The molecule has 106 valence electrons. The van der Waals surface area contributed by atoms with Crippen LogP contribution in [0.2, 0.25) is 0 Å². The lowest BCUT2D eigenvalue weighted by atomic mass is 9.76. The third-order valence-electron chi connectivity index (χ3n) is 4.40. The zero-order chi connectivity index (χ0) is 14.3. The highest BCUT2D eigenvalue weighted by Gasteiger charge is 2.45. The number of nitrogens with zero attached hydrogens (tertiary/aromatic N) is 1. The van der Waals surface area contributed by atoms with E-state index < -0.39 is 11.6 Å². The van der Waals surface area contributed by atoms with Gasteiger partial charge < -0.3 is 5.11 Å². The van der Waals surface area contributed by atoms with Crippen molar-refractivity contribution in [3.05, 3.63) is 24.0 Å². The third-order valence-corrected chi connectivity index (χ3v) is 4.40. The molecule has 0 radical (unpaired) electrons. The molecule has 20 heavy (non-hydrogen) atoms. The Labute approximate surface area is 116 Å². The molecule has 0 unspecified atom stereocenters. The van der Waals surface area contributed by atoms with E-state index in [0.717, 1.165) is 42.7 Å². The van der Waals surface area contributed by atoms with E-state index in [4.69, 9.17) is 0 Å². The third kappa shape index (κ3) is 2.07. The number of carbonyl (C=O) groups excluding carboxylic acids is 2. The fourth-order valence-corrected chi connectivity index (χ4v) is 3.40. The summed E-state index contributed by atoms with van der Waals surface area (Å²) in [6, 6.07) is 3.57. The average Bonchev–Trinajstić information content (AvgIpc) is 2.80. The molecule has 1 aliphatic carbocycles. The fraction of sp³-hybridized carbons (Fsp3) is 0.467. The van der Waals surface area contributed by atoms with Gasteiger partial charge in [-0.1, -0.05) is 12.8 Å². The highest BCUT2D eigenvalue weighted by Crippen LogP contribution is 2.47. The average molecular weight is 277 g/mol. The molecule has 0 atom stereocenters. The van der Waals surface area contributed by atoms with Gasteiger partial charge in [0.1, 0.15) is 0 Å². The van der Waals surface area contributed by atoms with Crippen LogP contribution in [0.5, 0.6) is 5.75 Å². The Bertz CT molecular complexity index is 558. The van der Waals surface area contributed by atoms with Crippen molar-refractivity contribution in [1.82, 2.24) is 0 Å². The summed E-state index contributed by atoms with van der Waals surface area (Å²) in [4.78, 5) is 25.6. The Balaban J connectivity index is 1.89. The highest BCUT2D eigenvalue weighted by molar-refractivity contribution is 6.17. The van der Waals surface area contributed by atoms with Crippen molar-refractivity contribution in [3.63, 3.8) is 0 Å². The molecule has 1 N–H and O–H groups in total. The van der Waals surface area contributed by atoms with E-state index >= 15 is 0 Å². The second kappa shape index (κ2) is 4.58. The predicted molar refractivity (Wildman–Crippen MR) is 70.7 cm³/mol. The first-order valence-electron chi connectivity index (χ1n) is 6.85. The maximum Gasteiger partial charge on any atom is 0.234 e. The first-order chi connectivity index (χ1) is 9.51. The summed E-state index contributed by atoms with van der Waals surface area (Å²) in [5.41, 5.74) is 0.0308. The largest absolute Gasteiger partial charge is 0.505 e. The minimum atomic E-state index is -0.829. The highest BCUT2D eigenvalue weighted by atomic mass is 19.1. The van der Waals surface area contributed by atoms with Crippen molar-refractivity contribution < 1.29 is 19.1 Å². The van der Waals surface area contributed by atoms with E-state index in [0.29, 0.717) is 12.8 Å². The topological polar surface area (TPSA) is 57.6 Å². The van der Waals surface area contributed by atoms with Crippen LogP contribution in [0, 0.1) is 11.2 Å². The van der Waals surface area contributed by atoms with Crippen LogP contribution in [-0.2, 0) is 9.59 Å². The summed E-state index contributed by atoms with van der Waals surface area (Å²) in [5, 5.41) is 9.18. The SMILES string of the molecule is O=C1CC2(CCCC2)CC(=O)N1c1ccc(O)c(F)c1. The number of anilines is 1. The zero-order valence-electron chi connectivity index (χ0n) is 11.1. The first-order valence-corrected chi connectivity index (χ1v) is 6.85. The van der Waals surface area contributed by atoms with Crippen molar-refractivity contribution in [3.8, 4) is 5.75 Å². The lowest BCUT2D eigenvalue weighted by Gasteiger charge is -2.37. The van der Waals surface area contributed by atoms with Crippen molar-refractivity contribution in [1.29, 1.82) is 0 Å². The number of aromatic hydroxyl groups is 1. The lowest BCUT2D eigenvalue weighted by molar-refractivity contribution is -0.133. The van der Waals surface area contributed by atoms with Gasteiger partial charge >= 0.3 is 0 Å². The van der Waals surface area contributed by atoms with Gasteiger partial charge in [-0.2, -0.15) is 0 Å². The van der Waals surface area contributed by atoms with Gasteiger partial charge in [-0.05, 0) is 30.4 Å². The maximum atomic E-state index is 13.4. The molecule has 2 fully saturated rings. The van der Waals surface area contributed by atoms with Gasteiger partial charge in [-0.25, -0.2) is 4.39 Å². The number of phenols is 1. The molecule has 3 rings (SSSR count). The molecule has 1 aliphatic heterocycles. The number of hydrogen-bond acceptors (Lipinski definition) is 3. The minimum Gasteiger partial charge on any atom is -0.505 e. The van der Waals surface area contributed by atoms with E-state index in [1.807, 2.05) is 0 Å². The molecule has 4 nitrogen and oxygen atoms in total. The van der Waals surface area contributed by atoms with Crippen LogP contribution < -0.4 is 4.90 Å². The van der Waals surface area contributed by atoms with Crippen LogP contribution in [0.25, 0.3) is 0 Å². The number of halogens is 1. The van der Waals surface area contributed by atoms with Crippen LogP contribution in [0.4, 0.5) is 10.1 Å². The molecule has 2 amide bonds. The van der Waals surface area contributed by atoms with Gasteiger partial charge in [-0.15, -0.1) is 0 Å². The number of amides is 2. The molecule has 1 saturated heterocycles. The molecular weight excluding hydrogens is 261 g/mol. The van der Waals surface area contributed by atoms with Gasteiger partial charge in [-0.3, -0.25) is 14.5 Å². The van der Waals surface area contributed by atoms with Crippen LogP contribution >= 0.6 is 0 Å². The fourth-order valence-electron chi connectivity index (χ4n) is 3.40. The zero-order valence-corrected chi connectivity index (χ0v) is 11.1. The summed E-state index contributed by atoms with van der Waals surface area (Å²) in [6.45, 7) is 0. The molecule has 5 heteroatoms. The second-order valence-corrected chi connectivity index (χ2v) is 5.82. The molecule has 0 bridgehead atoms. The number of imide groups is 1. The molecule has 0 aromatic heterocycles. The van der Waals surface area contributed by atoms with Crippen molar-refractivity contribution >= 4 is 17.5 Å². The van der Waals surface area contributed by atoms with Crippen molar-refractivity contribution in [2.45, 2.75) is 38.5 Å². The lowest BCUT2D eigenvalue weighted by Crippen LogP contribution is -2.47. The monoisotopic (exact) mass is 277 g/mol. The summed E-state index contributed by atoms with van der Waals surface area (Å²) < 4.78 is 13.4. The Hall–Kier alpha value is -1.91. The van der Waals surface area contributed by atoms with Crippen molar-refractivity contribution in [2.75, 3.05) is 4.90 Å². The molecular formula is C15H16FNO3. The van der Waals surface area contributed by atoms with Gasteiger partial charge in [0.25, 0.3) is 0 Å². The van der Waals surface area contributed by atoms with Crippen molar-refractivity contribution in [2.24, 2.45) is 5.41 Å². The molecule has 1 spiro atoms. The Morgan fingerprint density at radius 1 is 1.10 bits per heavy atom. The number of hydrogen-bond donors (Lipinski definition) is 1. The summed E-state index contributed by atoms with van der Waals surface area (Å²) >= 11 is 0. The molecule has 1 saturated carbocycles. The number of benzene rings is 1. The van der Waals surface area contributed by atoms with Crippen LogP contribution in [0.3, 0.4) is 0 Å². The number of rotatable bonds is 1. The van der Waals surface area contributed by atoms with Crippen LogP contribution in [-0.4, -0.2) is 16.9 Å². The quantitative estimate of drug-likeness (QED) is 0.803. The van der Waals surface area contributed by atoms with Gasteiger partial charge in [0.2, 0.25) is 11.8 Å². The Kier molecular flexibility index (Phi) is 3.00. The normalized spacial score (nSPS) is 21.8. The number of piperidine rings is 1. The standard InChI is InChI=1S/C15H16FNO3/c16-11-7-10(3-4-12(11)18)17-13(19)8-15(9-14(17)20)5-1-2-6-15/h3-4,7,18H,1-2,5-6,8-9H2. The Morgan fingerprint density at radius 3 is 2.25 bits per heavy atom. The van der Waals surface area contributed by atoms with E-state index in [-0.39, 0.29) is 22.9 Å². The maximum absolute atomic E-state index is 13.4. The van der Waals surface area contributed by atoms with E-state index in [1.54, 1.807) is 0 Å². The molecule has 1 aromatic carbocycles. The van der Waals surface area contributed by atoms with E-state index in [2.05, 4.69) is 0 Å². The number of phenolic OH excluding ortho intramolecular Hbond substituents is 1. The minimum absolute atomic E-state index is 0.167. The van der Waals surface area contributed by atoms with Crippen LogP contribution in [0.15, 0.2) is 18.2 Å². The summed E-state index contributed by atoms with van der Waals surface area (Å²) in [5.74, 6) is -1.86. The molecule has 1 aromatic rings. The first kappa shape index (κ1) is 13.1. The Morgan fingerprint density at radius 2 is 1.70 bits per heavy atom. The molecule has 2 aliphatic rings. The predicted octanol–water partition coefficient (Wildman–Crippen LogP) is 2.75. The smallest absolute Gasteiger partial charge is 0.234 e. The van der Waals surface area contributed by atoms with Crippen LogP contribution in [0.1, 0.15) is 38.5 Å². The summed E-state index contributed by atoms with van der Waals surface area (Å²) in [7, 11) is 0. The van der Waals surface area contributed by atoms with E-state index in [9.17, 15) is 19.1 Å². The van der Waals surface area contributed by atoms with Gasteiger partial charge in [0.15, 0.2) is 11.6 Å². The molecule has 1 heterocycles.